The third-order valence-electron chi connectivity index (χ3n) is 6.59. The van der Waals surface area contributed by atoms with Gasteiger partial charge in [0.1, 0.15) is 12.0 Å². The van der Waals surface area contributed by atoms with Gasteiger partial charge in [-0.05, 0) is 55.0 Å². The first-order valence-electron chi connectivity index (χ1n) is 12.6. The number of hydrogen-bond donors (Lipinski definition) is 4. The maximum absolute atomic E-state index is 14.6. The Labute approximate surface area is 240 Å². The van der Waals surface area contributed by atoms with Gasteiger partial charge in [-0.2, -0.15) is 36.5 Å². The molecule has 18 heteroatoms. The number of hydrogen-bond acceptors (Lipinski definition) is 5. The van der Waals surface area contributed by atoms with Gasteiger partial charge in [-0.15, -0.1) is 0 Å². The smallest absolute Gasteiger partial charge is 0.475 e. The van der Waals surface area contributed by atoms with E-state index in [0.717, 1.165) is 40.6 Å². The van der Waals surface area contributed by atoms with Gasteiger partial charge in [-0.1, -0.05) is 0 Å². The van der Waals surface area contributed by atoms with Gasteiger partial charge in [-0.3, -0.25) is 9.89 Å². The number of amides is 1. The Bertz CT molecular complexity index is 1720. The minimum absolute atomic E-state index is 0.270. The van der Waals surface area contributed by atoms with Gasteiger partial charge >= 0.3 is 24.3 Å². The van der Waals surface area contributed by atoms with Gasteiger partial charge in [0.25, 0.3) is 0 Å². The molecule has 1 aromatic carbocycles. The van der Waals surface area contributed by atoms with E-state index in [9.17, 15) is 39.9 Å². The summed E-state index contributed by atoms with van der Waals surface area (Å²) in [4.78, 5) is 29.8. The van der Waals surface area contributed by atoms with Gasteiger partial charge in [0.05, 0.1) is 17.0 Å². The summed E-state index contributed by atoms with van der Waals surface area (Å²) in [5.74, 6) is -5.91. The Kier molecular flexibility index (Phi) is 8.57. The summed E-state index contributed by atoms with van der Waals surface area (Å²) in [6.45, 7) is 1.78. The van der Waals surface area contributed by atoms with Gasteiger partial charge < -0.3 is 15.5 Å². The minimum Gasteiger partial charge on any atom is -0.475 e. The van der Waals surface area contributed by atoms with Crippen LogP contribution in [0.1, 0.15) is 36.4 Å². The highest BCUT2D eigenvalue weighted by Gasteiger charge is 2.44. The van der Waals surface area contributed by atoms with Crippen LogP contribution >= 0.6 is 0 Å². The molecule has 4 N–H and O–H groups in total. The molecule has 2 atom stereocenters. The van der Waals surface area contributed by atoms with E-state index in [4.69, 9.17) is 19.8 Å². The summed E-state index contributed by atoms with van der Waals surface area (Å²) in [6, 6.07) is 7.02. The number of carboxylic acid groups (broad SMARTS) is 2. The Hall–Kier alpha value is -4.77. The van der Waals surface area contributed by atoms with Crippen molar-refractivity contribution in [1.29, 1.82) is 0 Å². The molecule has 3 heterocycles. The van der Waals surface area contributed by atoms with E-state index in [1.807, 2.05) is 12.1 Å². The molecule has 44 heavy (non-hydrogen) atoms. The molecule has 2 saturated carbocycles. The number of aromatic nitrogens is 4. The van der Waals surface area contributed by atoms with Crippen molar-refractivity contribution in [3.05, 3.63) is 47.5 Å². The average molecular weight is 635 g/mol. The van der Waals surface area contributed by atoms with Crippen LogP contribution in [0.15, 0.2) is 30.5 Å². The molecule has 2 aliphatic carbocycles. The lowest BCUT2D eigenvalue weighted by molar-refractivity contribution is -0.193. The molecule has 10 nitrogen and oxygen atoms in total. The fourth-order valence-electron chi connectivity index (χ4n) is 4.17. The number of anilines is 1. The number of fused-ring (bicyclic) bond motifs is 2. The number of aliphatic carboxylic acids is 2. The summed E-state index contributed by atoms with van der Waals surface area (Å²) in [6.07, 6.45) is -6.95. The molecule has 2 aliphatic rings. The number of carbonyl (C=O) groups excluding carboxylic acids is 1. The monoisotopic (exact) mass is 635 g/mol. The predicted octanol–water partition coefficient (Wildman–Crippen LogP) is 5.77. The number of benzene rings is 1. The van der Waals surface area contributed by atoms with Crippen LogP contribution in [0.2, 0.25) is 0 Å². The highest BCUT2D eigenvalue weighted by molar-refractivity contribution is 6.00. The van der Waals surface area contributed by atoms with Gasteiger partial charge in [-0.25, -0.2) is 22.9 Å². The lowest BCUT2D eigenvalue weighted by Crippen LogP contribution is -2.21. The summed E-state index contributed by atoms with van der Waals surface area (Å²) < 4.78 is 92.9. The van der Waals surface area contributed by atoms with Crippen molar-refractivity contribution >= 4 is 40.1 Å². The molecule has 4 aromatic rings. The highest BCUT2D eigenvalue weighted by atomic mass is 19.4. The van der Waals surface area contributed by atoms with Gasteiger partial charge in [0, 0.05) is 35.3 Å². The zero-order valence-corrected chi connectivity index (χ0v) is 22.2. The van der Waals surface area contributed by atoms with Crippen molar-refractivity contribution in [2.24, 2.45) is 5.92 Å². The lowest BCUT2D eigenvalue weighted by Gasteiger charge is -2.11. The predicted molar refractivity (Wildman–Crippen MR) is 136 cm³/mol. The number of pyridine rings is 1. The van der Waals surface area contributed by atoms with E-state index in [0.29, 0.717) is 22.8 Å². The second-order valence-electron chi connectivity index (χ2n) is 9.93. The fraction of sp³-hybridized carbons (Fsp3) is 0.346. The molecule has 0 unspecified atom stereocenters. The molecule has 3 aromatic heterocycles. The maximum atomic E-state index is 14.6. The third-order valence-corrected chi connectivity index (χ3v) is 6.59. The first-order chi connectivity index (χ1) is 20.4. The Balaban J connectivity index is 0.000000265. The molecule has 0 bridgehead atoms. The Morgan fingerprint density at radius 3 is 2.09 bits per heavy atom. The minimum atomic E-state index is -5.08. The SMILES string of the molecule is Cc1c(F)cc2n[nH]c(C3CC3)c2c1-c1ccn2nc(NC(=O)[C@@H]3C[C@@H]3F)cc2c1.O=C(O)C(F)(F)F.O=C(O)C(F)(F)F. The number of alkyl halides is 7. The van der Waals surface area contributed by atoms with Crippen molar-refractivity contribution in [3.8, 4) is 11.1 Å². The maximum Gasteiger partial charge on any atom is 0.490 e. The molecule has 1 amide bonds. The molecule has 0 spiro atoms. The zero-order valence-electron chi connectivity index (χ0n) is 22.2. The summed E-state index contributed by atoms with van der Waals surface area (Å²) >= 11 is 0. The second-order valence-corrected chi connectivity index (χ2v) is 9.93. The quantitative estimate of drug-likeness (QED) is 0.208. The van der Waals surface area contributed by atoms with Crippen molar-refractivity contribution in [3.63, 3.8) is 0 Å². The highest BCUT2D eigenvalue weighted by Crippen LogP contribution is 2.45. The summed E-state index contributed by atoms with van der Waals surface area (Å²) in [7, 11) is 0. The molecule has 6 rings (SSSR count). The van der Waals surface area contributed by atoms with Gasteiger partial charge in [0.15, 0.2) is 5.82 Å². The number of nitrogens with zero attached hydrogens (tertiary/aromatic N) is 3. The lowest BCUT2D eigenvalue weighted by atomic mass is 9.94. The number of aromatic amines is 1. The number of rotatable bonds is 4. The second kappa shape index (κ2) is 11.7. The van der Waals surface area contributed by atoms with E-state index in [1.54, 1.807) is 23.7 Å². The number of carboxylic acids is 2. The summed E-state index contributed by atoms with van der Waals surface area (Å²) in [5.41, 5.74) is 4.70. The van der Waals surface area contributed by atoms with Crippen LogP contribution in [0.25, 0.3) is 27.5 Å². The molecule has 2 fully saturated rings. The first kappa shape index (κ1) is 32.2. The van der Waals surface area contributed by atoms with Gasteiger partial charge in [0.2, 0.25) is 5.91 Å². The van der Waals surface area contributed by atoms with Crippen LogP contribution in [0.5, 0.6) is 0 Å². The van der Waals surface area contributed by atoms with E-state index < -0.39 is 36.4 Å². The largest absolute Gasteiger partial charge is 0.490 e. The van der Waals surface area contributed by atoms with Crippen LogP contribution in [-0.4, -0.2) is 66.4 Å². The first-order valence-corrected chi connectivity index (χ1v) is 12.6. The van der Waals surface area contributed by atoms with E-state index >= 15 is 0 Å². The third kappa shape index (κ3) is 7.23. The number of nitrogens with one attached hydrogen (secondary N) is 2. The molecule has 0 saturated heterocycles. The van der Waals surface area contributed by atoms with E-state index in [1.165, 1.54) is 6.07 Å². The van der Waals surface area contributed by atoms with Crippen LogP contribution < -0.4 is 5.32 Å². The van der Waals surface area contributed by atoms with Crippen LogP contribution in [0.3, 0.4) is 0 Å². The fourth-order valence-corrected chi connectivity index (χ4v) is 4.17. The molecule has 236 valence electrons. The normalized spacial score (nSPS) is 17.8. The number of H-pyrrole nitrogens is 1. The Morgan fingerprint density at radius 1 is 1.02 bits per heavy atom. The molecular formula is C26H21F8N5O5. The number of carbonyl (C=O) groups is 3. The van der Waals surface area contributed by atoms with Crippen LogP contribution in [-0.2, 0) is 14.4 Å². The molecule has 0 aliphatic heterocycles. The standard InChI is InChI=1S/C22H19F2N5O.2C2HF3O2/c1-10-15(23)9-17-20(21(27-26-17)11-2-3-11)19(10)12-4-5-29-13(6-12)7-18(28-29)25-22(30)14-8-16(14)24;2*3-2(4,5)1(6)7/h4-7,9,11,14,16H,2-3,8H2,1H3,(H,26,27)(H,25,28,30);2*(H,6,7)/t14-,16+;;/m1../s1. The van der Waals surface area contributed by atoms with E-state index in [2.05, 4.69) is 20.6 Å². The summed E-state index contributed by atoms with van der Waals surface area (Å²) in [5, 5.41) is 29.7. The topological polar surface area (TPSA) is 150 Å². The van der Waals surface area contributed by atoms with Crippen molar-refractivity contribution in [2.75, 3.05) is 5.32 Å². The number of halogens is 8. The Morgan fingerprint density at radius 2 is 1.59 bits per heavy atom. The van der Waals surface area contributed by atoms with Crippen molar-refractivity contribution < 1.29 is 59.7 Å². The molecule has 0 radical (unpaired) electrons. The van der Waals surface area contributed by atoms with Crippen molar-refractivity contribution in [2.45, 2.75) is 50.6 Å². The molecular weight excluding hydrogens is 614 g/mol. The average Bonchev–Trinajstić information content (AvgIpc) is 3.81. The van der Waals surface area contributed by atoms with Crippen LogP contribution in [0, 0.1) is 18.7 Å². The van der Waals surface area contributed by atoms with E-state index in [-0.39, 0.29) is 18.1 Å². The van der Waals surface area contributed by atoms with Crippen molar-refractivity contribution in [1.82, 2.24) is 19.8 Å². The zero-order chi connectivity index (χ0) is 32.7. The van der Waals surface area contributed by atoms with Crippen LogP contribution in [0.4, 0.5) is 40.9 Å².